The van der Waals surface area contributed by atoms with Gasteiger partial charge in [-0.05, 0) is 56.2 Å². The molecule has 1 fully saturated rings. The van der Waals surface area contributed by atoms with Gasteiger partial charge in [-0.2, -0.15) is 0 Å². The molecule has 10 nitrogen and oxygen atoms in total. The first-order chi connectivity index (χ1) is 16.9. The van der Waals surface area contributed by atoms with Crippen molar-refractivity contribution in [2.24, 2.45) is 0 Å². The molecule has 0 spiro atoms. The molecule has 0 radical (unpaired) electrons. The SMILES string of the molecule is C[C@@H]1C(=O)N(C)c2ccc(N(C)c3cccc(S(=O)(=O)N(C)C)c3)cc2N1C1CCN(C(=O)O)CC1. The molecule has 36 heavy (non-hydrogen) atoms. The lowest BCUT2D eigenvalue weighted by atomic mass is 9.97. The standard InChI is InChI=1S/C25H33N5O5S/c1-17-24(31)28(5)22-10-9-20(16-23(22)30(17)18-11-13-29(14-12-18)25(32)33)27(4)19-7-6-8-21(15-19)36(34,35)26(2)3/h6-10,15-18H,11-14H2,1-5H3,(H,32,33)/t17-/m1/s1. The molecule has 11 heteroatoms. The minimum Gasteiger partial charge on any atom is -0.465 e. The maximum absolute atomic E-state index is 13.0. The van der Waals surface area contributed by atoms with Crippen molar-refractivity contribution in [2.45, 2.75) is 36.7 Å². The van der Waals surface area contributed by atoms with E-state index in [4.69, 9.17) is 0 Å². The van der Waals surface area contributed by atoms with Gasteiger partial charge in [0.25, 0.3) is 0 Å². The van der Waals surface area contributed by atoms with Crippen molar-refractivity contribution in [1.29, 1.82) is 0 Å². The number of likely N-dealkylation sites (tertiary alicyclic amines) is 1. The van der Waals surface area contributed by atoms with E-state index in [1.807, 2.05) is 43.1 Å². The number of carboxylic acid groups (broad SMARTS) is 1. The summed E-state index contributed by atoms with van der Waals surface area (Å²) in [7, 11) is 3.07. The zero-order valence-electron chi connectivity index (χ0n) is 21.2. The molecule has 0 aromatic heterocycles. The summed E-state index contributed by atoms with van der Waals surface area (Å²) in [6, 6.07) is 12.3. The first kappa shape index (κ1) is 25.8. The Bertz CT molecular complexity index is 1270. The maximum atomic E-state index is 13.0. The predicted molar refractivity (Wildman–Crippen MR) is 140 cm³/mol. The minimum atomic E-state index is -3.58. The number of rotatable bonds is 5. The van der Waals surface area contributed by atoms with Crippen LogP contribution in [-0.4, -0.2) is 88.1 Å². The van der Waals surface area contributed by atoms with Gasteiger partial charge in [0.1, 0.15) is 6.04 Å². The summed E-state index contributed by atoms with van der Waals surface area (Å²) in [6.45, 7) is 2.74. The van der Waals surface area contributed by atoms with E-state index >= 15 is 0 Å². The summed E-state index contributed by atoms with van der Waals surface area (Å²) < 4.78 is 26.5. The number of sulfonamides is 1. The lowest BCUT2D eigenvalue weighted by molar-refractivity contribution is -0.119. The topological polar surface area (TPSA) is 105 Å². The normalized spacial score (nSPS) is 19.0. The Hall–Kier alpha value is -3.31. The summed E-state index contributed by atoms with van der Waals surface area (Å²) in [5.74, 6) is -0.00846. The van der Waals surface area contributed by atoms with Crippen LogP contribution in [0.1, 0.15) is 19.8 Å². The van der Waals surface area contributed by atoms with Gasteiger partial charge in [-0.25, -0.2) is 17.5 Å². The summed E-state index contributed by atoms with van der Waals surface area (Å²) >= 11 is 0. The van der Waals surface area contributed by atoms with E-state index in [0.29, 0.717) is 31.6 Å². The van der Waals surface area contributed by atoms with Crippen LogP contribution in [0.4, 0.5) is 27.5 Å². The number of carbonyl (C=O) groups excluding carboxylic acids is 1. The van der Waals surface area contributed by atoms with Gasteiger partial charge in [0.15, 0.2) is 0 Å². The second-order valence-corrected chi connectivity index (χ2v) is 11.6. The van der Waals surface area contributed by atoms with Gasteiger partial charge in [-0.1, -0.05) is 6.07 Å². The number of carbonyl (C=O) groups is 2. The Kier molecular flexibility index (Phi) is 6.89. The van der Waals surface area contributed by atoms with Crippen LogP contribution in [0.5, 0.6) is 0 Å². The fourth-order valence-corrected chi connectivity index (χ4v) is 5.94. The Morgan fingerprint density at radius 1 is 1.00 bits per heavy atom. The van der Waals surface area contributed by atoms with Crippen molar-refractivity contribution in [1.82, 2.24) is 9.21 Å². The minimum absolute atomic E-state index is 0.00846. The molecule has 2 aliphatic rings. The highest BCUT2D eigenvalue weighted by atomic mass is 32.2. The molecule has 0 aliphatic carbocycles. The highest BCUT2D eigenvalue weighted by Gasteiger charge is 2.39. The highest BCUT2D eigenvalue weighted by molar-refractivity contribution is 7.89. The third-order valence-corrected chi connectivity index (χ3v) is 9.01. The van der Waals surface area contributed by atoms with Crippen LogP contribution in [0.3, 0.4) is 0 Å². The van der Waals surface area contributed by atoms with Crippen molar-refractivity contribution in [3.8, 4) is 0 Å². The number of nitrogens with zero attached hydrogens (tertiary/aromatic N) is 5. The third-order valence-electron chi connectivity index (χ3n) is 7.20. The number of anilines is 4. The number of benzene rings is 2. The van der Waals surface area contributed by atoms with Crippen molar-refractivity contribution in [2.75, 3.05) is 56.0 Å². The van der Waals surface area contributed by atoms with Crippen LogP contribution >= 0.6 is 0 Å². The summed E-state index contributed by atoms with van der Waals surface area (Å²) in [6.07, 6.45) is 0.355. The second kappa shape index (κ2) is 9.62. The lowest BCUT2D eigenvalue weighted by Gasteiger charge is -2.47. The Morgan fingerprint density at radius 3 is 2.25 bits per heavy atom. The summed E-state index contributed by atoms with van der Waals surface area (Å²) in [5, 5.41) is 9.33. The predicted octanol–water partition coefficient (Wildman–Crippen LogP) is 3.02. The van der Waals surface area contributed by atoms with E-state index in [9.17, 15) is 23.1 Å². The number of fused-ring (bicyclic) bond motifs is 1. The van der Waals surface area contributed by atoms with Crippen molar-refractivity contribution in [3.63, 3.8) is 0 Å². The van der Waals surface area contributed by atoms with E-state index in [-0.39, 0.29) is 16.8 Å². The summed E-state index contributed by atoms with van der Waals surface area (Å²) in [5.41, 5.74) is 3.25. The van der Waals surface area contributed by atoms with Gasteiger partial charge in [-0.3, -0.25) is 4.79 Å². The third kappa shape index (κ3) is 4.48. The van der Waals surface area contributed by atoms with Crippen molar-refractivity contribution >= 4 is 44.8 Å². The van der Waals surface area contributed by atoms with Gasteiger partial charge in [0.05, 0.1) is 16.3 Å². The van der Waals surface area contributed by atoms with Crippen LogP contribution in [0.25, 0.3) is 0 Å². The molecule has 2 heterocycles. The van der Waals surface area contributed by atoms with Gasteiger partial charge < -0.3 is 24.7 Å². The van der Waals surface area contributed by atoms with Gasteiger partial charge >= 0.3 is 6.09 Å². The zero-order valence-corrected chi connectivity index (χ0v) is 22.1. The average Bonchev–Trinajstić information content (AvgIpc) is 2.87. The number of piperidine rings is 1. The molecule has 2 amide bonds. The van der Waals surface area contributed by atoms with E-state index in [1.54, 1.807) is 30.1 Å². The summed E-state index contributed by atoms with van der Waals surface area (Å²) in [4.78, 5) is 31.8. The quantitative estimate of drug-likeness (QED) is 0.653. The van der Waals surface area contributed by atoms with Crippen LogP contribution in [0, 0.1) is 0 Å². The average molecular weight is 516 g/mol. The fraction of sp³-hybridized carbons (Fsp3) is 0.440. The molecule has 1 atom stereocenters. The molecule has 4 rings (SSSR count). The van der Waals surface area contributed by atoms with Crippen LogP contribution in [0.15, 0.2) is 47.4 Å². The Labute approximate surface area is 212 Å². The molecule has 0 bridgehead atoms. The molecule has 1 N–H and O–H groups in total. The number of hydrogen-bond donors (Lipinski definition) is 1. The maximum Gasteiger partial charge on any atom is 0.407 e. The molecule has 0 unspecified atom stereocenters. The smallest absolute Gasteiger partial charge is 0.407 e. The van der Waals surface area contributed by atoms with Crippen molar-refractivity contribution in [3.05, 3.63) is 42.5 Å². The molecule has 2 aliphatic heterocycles. The Morgan fingerprint density at radius 2 is 1.64 bits per heavy atom. The van der Waals surface area contributed by atoms with E-state index in [1.165, 1.54) is 23.3 Å². The second-order valence-electron chi connectivity index (χ2n) is 9.50. The van der Waals surface area contributed by atoms with E-state index in [0.717, 1.165) is 17.1 Å². The molecule has 0 saturated carbocycles. The monoisotopic (exact) mass is 515 g/mol. The number of likely N-dealkylation sites (N-methyl/N-ethyl adjacent to an activating group) is 1. The van der Waals surface area contributed by atoms with Crippen molar-refractivity contribution < 1.29 is 23.1 Å². The van der Waals surface area contributed by atoms with E-state index in [2.05, 4.69) is 4.90 Å². The van der Waals surface area contributed by atoms with Crippen LogP contribution in [0.2, 0.25) is 0 Å². The highest BCUT2D eigenvalue weighted by Crippen LogP contribution is 2.42. The van der Waals surface area contributed by atoms with Crippen LogP contribution in [-0.2, 0) is 14.8 Å². The molecule has 2 aromatic rings. The zero-order chi connectivity index (χ0) is 26.4. The molecular formula is C25H33N5O5S. The van der Waals surface area contributed by atoms with E-state index < -0.39 is 22.2 Å². The Balaban J connectivity index is 1.70. The van der Waals surface area contributed by atoms with Crippen LogP contribution < -0.4 is 14.7 Å². The molecule has 194 valence electrons. The van der Waals surface area contributed by atoms with Gasteiger partial charge in [0.2, 0.25) is 15.9 Å². The first-order valence-electron chi connectivity index (χ1n) is 11.9. The van der Waals surface area contributed by atoms with Gasteiger partial charge in [-0.15, -0.1) is 0 Å². The first-order valence-corrected chi connectivity index (χ1v) is 13.3. The lowest BCUT2D eigenvalue weighted by Crippen LogP contribution is -2.57. The molecule has 2 aromatic carbocycles. The number of amides is 2. The number of hydrogen-bond acceptors (Lipinski definition) is 6. The fourth-order valence-electron chi connectivity index (χ4n) is 5.00. The van der Waals surface area contributed by atoms with Gasteiger partial charge in [0, 0.05) is 58.7 Å². The molecular weight excluding hydrogens is 482 g/mol. The molecule has 1 saturated heterocycles. The largest absolute Gasteiger partial charge is 0.465 e.